The van der Waals surface area contributed by atoms with E-state index < -0.39 is 5.54 Å². The lowest BCUT2D eigenvalue weighted by Crippen LogP contribution is -2.55. The molecule has 19 heavy (non-hydrogen) atoms. The van der Waals surface area contributed by atoms with Gasteiger partial charge in [-0.1, -0.05) is 20.8 Å². The molecule has 4 nitrogen and oxygen atoms in total. The Hall–Kier alpha value is -0.610. The monoisotopic (exact) mass is 271 g/mol. The van der Waals surface area contributed by atoms with Gasteiger partial charge in [-0.2, -0.15) is 0 Å². The van der Waals surface area contributed by atoms with Gasteiger partial charge in [0.25, 0.3) is 0 Å². The summed E-state index contributed by atoms with van der Waals surface area (Å²) in [6.45, 7) is 15.8. The van der Waals surface area contributed by atoms with Gasteiger partial charge in [0, 0.05) is 12.6 Å². The molecule has 1 unspecified atom stereocenters. The summed E-state index contributed by atoms with van der Waals surface area (Å²) in [5.41, 5.74) is 4.94. The normalized spacial score (nSPS) is 15.2. The molecular formula is C15H33N3O. The minimum Gasteiger partial charge on any atom is -0.368 e. The summed E-state index contributed by atoms with van der Waals surface area (Å²) in [4.78, 5) is 14.1. The van der Waals surface area contributed by atoms with Crippen LogP contribution in [0.25, 0.3) is 0 Å². The fourth-order valence-corrected chi connectivity index (χ4v) is 2.45. The van der Waals surface area contributed by atoms with Crippen molar-refractivity contribution in [2.45, 2.75) is 66.0 Å². The number of amides is 1. The fraction of sp³-hybridized carbons (Fsp3) is 0.933. The van der Waals surface area contributed by atoms with Gasteiger partial charge in [0.1, 0.15) is 0 Å². The summed E-state index contributed by atoms with van der Waals surface area (Å²) in [7, 11) is 0. The highest BCUT2D eigenvalue weighted by Crippen LogP contribution is 2.14. The zero-order chi connectivity index (χ0) is 15.1. The summed E-state index contributed by atoms with van der Waals surface area (Å²) in [6, 6.07) is 0.260. The molecule has 0 aromatic carbocycles. The van der Waals surface area contributed by atoms with Crippen molar-refractivity contribution in [1.82, 2.24) is 10.2 Å². The predicted octanol–water partition coefficient (Wildman–Crippen LogP) is 1.99. The van der Waals surface area contributed by atoms with Crippen molar-refractivity contribution in [1.29, 1.82) is 0 Å². The summed E-state index contributed by atoms with van der Waals surface area (Å²) in [5, 5.41) is 3.30. The Kier molecular flexibility index (Phi) is 8.26. The molecule has 0 radical (unpaired) electrons. The van der Waals surface area contributed by atoms with Crippen molar-refractivity contribution in [3.63, 3.8) is 0 Å². The topological polar surface area (TPSA) is 58.4 Å². The first-order chi connectivity index (χ1) is 8.71. The maximum atomic E-state index is 11.6. The Morgan fingerprint density at radius 1 is 1.32 bits per heavy atom. The Morgan fingerprint density at radius 3 is 2.26 bits per heavy atom. The van der Waals surface area contributed by atoms with Crippen LogP contribution in [0, 0.1) is 5.92 Å². The molecule has 0 heterocycles. The fourth-order valence-electron chi connectivity index (χ4n) is 2.45. The van der Waals surface area contributed by atoms with Gasteiger partial charge in [0.15, 0.2) is 0 Å². The SMILES string of the molecule is CCN(CCCC(C)(NC(C)C)C(N)=O)CC(C)C. The molecule has 0 aliphatic heterocycles. The number of hydrogen-bond donors (Lipinski definition) is 2. The van der Waals surface area contributed by atoms with E-state index >= 15 is 0 Å². The minimum absolute atomic E-state index is 0.256. The van der Waals surface area contributed by atoms with Crippen molar-refractivity contribution in [2.24, 2.45) is 11.7 Å². The molecule has 0 aliphatic carbocycles. The van der Waals surface area contributed by atoms with E-state index in [-0.39, 0.29) is 11.9 Å². The number of hydrogen-bond acceptors (Lipinski definition) is 3. The second kappa shape index (κ2) is 8.54. The van der Waals surface area contributed by atoms with Gasteiger partial charge in [-0.25, -0.2) is 0 Å². The van der Waals surface area contributed by atoms with Gasteiger partial charge < -0.3 is 16.0 Å². The van der Waals surface area contributed by atoms with Crippen LogP contribution in [-0.4, -0.2) is 42.0 Å². The molecule has 0 aromatic heterocycles. The molecule has 1 atom stereocenters. The molecule has 114 valence electrons. The van der Waals surface area contributed by atoms with Crippen LogP contribution in [-0.2, 0) is 4.79 Å². The molecule has 0 saturated carbocycles. The summed E-state index contributed by atoms with van der Waals surface area (Å²) in [6.07, 6.45) is 1.77. The molecule has 0 saturated heterocycles. The number of nitrogens with two attached hydrogens (primary N) is 1. The molecule has 0 aliphatic rings. The Morgan fingerprint density at radius 2 is 1.89 bits per heavy atom. The van der Waals surface area contributed by atoms with E-state index in [1.54, 1.807) is 0 Å². The van der Waals surface area contributed by atoms with Gasteiger partial charge >= 0.3 is 0 Å². The van der Waals surface area contributed by atoms with E-state index in [0.717, 1.165) is 32.5 Å². The molecule has 3 N–H and O–H groups in total. The Labute approximate surface area is 119 Å². The van der Waals surface area contributed by atoms with E-state index in [9.17, 15) is 4.79 Å². The number of nitrogens with one attached hydrogen (secondary N) is 1. The summed E-state index contributed by atoms with van der Waals surface area (Å²) < 4.78 is 0. The lowest BCUT2D eigenvalue weighted by Gasteiger charge is -2.31. The van der Waals surface area contributed by atoms with Crippen LogP contribution >= 0.6 is 0 Å². The van der Waals surface area contributed by atoms with Crippen LogP contribution in [0.4, 0.5) is 0 Å². The number of nitrogens with zero attached hydrogens (tertiary/aromatic N) is 1. The first-order valence-corrected chi connectivity index (χ1v) is 7.51. The highest BCUT2D eigenvalue weighted by atomic mass is 16.1. The molecule has 0 aromatic rings. The molecule has 1 amide bonds. The second-order valence-corrected chi connectivity index (χ2v) is 6.39. The molecule has 0 rings (SSSR count). The highest BCUT2D eigenvalue weighted by molar-refractivity contribution is 5.84. The third-order valence-corrected chi connectivity index (χ3v) is 3.37. The van der Waals surface area contributed by atoms with Crippen molar-refractivity contribution >= 4 is 5.91 Å². The third kappa shape index (κ3) is 7.53. The van der Waals surface area contributed by atoms with Crippen LogP contribution in [0.1, 0.15) is 54.4 Å². The second-order valence-electron chi connectivity index (χ2n) is 6.39. The number of primary amides is 1. The zero-order valence-corrected chi connectivity index (χ0v) is 13.6. The smallest absolute Gasteiger partial charge is 0.237 e. The van der Waals surface area contributed by atoms with E-state index in [1.165, 1.54) is 0 Å². The van der Waals surface area contributed by atoms with Crippen LogP contribution in [0.3, 0.4) is 0 Å². The lowest BCUT2D eigenvalue weighted by molar-refractivity contribution is -0.124. The van der Waals surface area contributed by atoms with E-state index in [4.69, 9.17) is 5.73 Å². The number of carbonyl (C=O) groups excluding carboxylic acids is 1. The van der Waals surface area contributed by atoms with Crippen LogP contribution in [0.15, 0.2) is 0 Å². The maximum Gasteiger partial charge on any atom is 0.237 e. The van der Waals surface area contributed by atoms with Crippen molar-refractivity contribution < 1.29 is 4.79 Å². The molecule has 0 fully saturated rings. The van der Waals surface area contributed by atoms with Crippen molar-refractivity contribution in [3.8, 4) is 0 Å². The van der Waals surface area contributed by atoms with Gasteiger partial charge in [-0.15, -0.1) is 0 Å². The van der Waals surface area contributed by atoms with Crippen LogP contribution in [0.2, 0.25) is 0 Å². The average molecular weight is 271 g/mol. The van der Waals surface area contributed by atoms with Crippen molar-refractivity contribution in [2.75, 3.05) is 19.6 Å². The average Bonchev–Trinajstić information content (AvgIpc) is 2.25. The van der Waals surface area contributed by atoms with E-state index in [2.05, 4.69) is 31.0 Å². The summed E-state index contributed by atoms with van der Waals surface area (Å²) >= 11 is 0. The molecular weight excluding hydrogens is 238 g/mol. The first-order valence-electron chi connectivity index (χ1n) is 7.51. The standard InChI is InChI=1S/C15H33N3O/c1-7-18(11-12(2)3)10-8-9-15(6,14(16)19)17-13(4)5/h12-13,17H,7-11H2,1-6H3,(H2,16,19). The quantitative estimate of drug-likeness (QED) is 0.639. The van der Waals surface area contributed by atoms with Crippen LogP contribution < -0.4 is 11.1 Å². The first kappa shape index (κ1) is 18.4. The Bertz CT molecular complexity index is 266. The largest absolute Gasteiger partial charge is 0.368 e. The van der Waals surface area contributed by atoms with Gasteiger partial charge in [-0.3, -0.25) is 4.79 Å². The van der Waals surface area contributed by atoms with E-state index in [0.29, 0.717) is 5.92 Å². The molecule has 4 heteroatoms. The summed E-state index contributed by atoms with van der Waals surface area (Å²) in [5.74, 6) is 0.421. The minimum atomic E-state index is -0.592. The van der Waals surface area contributed by atoms with Crippen LogP contribution in [0.5, 0.6) is 0 Å². The van der Waals surface area contributed by atoms with Gasteiger partial charge in [0.05, 0.1) is 5.54 Å². The van der Waals surface area contributed by atoms with Gasteiger partial charge in [-0.05, 0) is 52.6 Å². The number of rotatable bonds is 10. The Balaban J connectivity index is 4.29. The molecule has 0 spiro atoms. The number of carbonyl (C=O) groups is 1. The lowest BCUT2D eigenvalue weighted by atomic mass is 9.93. The highest BCUT2D eigenvalue weighted by Gasteiger charge is 2.30. The van der Waals surface area contributed by atoms with Crippen molar-refractivity contribution in [3.05, 3.63) is 0 Å². The third-order valence-electron chi connectivity index (χ3n) is 3.37. The zero-order valence-electron chi connectivity index (χ0n) is 13.6. The van der Waals surface area contributed by atoms with Gasteiger partial charge in [0.2, 0.25) is 5.91 Å². The predicted molar refractivity (Wildman–Crippen MR) is 82.1 cm³/mol. The maximum absolute atomic E-state index is 11.6. The van der Waals surface area contributed by atoms with E-state index in [1.807, 2.05) is 20.8 Å². The molecule has 0 bridgehead atoms.